The highest BCUT2D eigenvalue weighted by Gasteiger charge is 2.51. The van der Waals surface area contributed by atoms with Gasteiger partial charge >= 0.3 is 0 Å². The lowest BCUT2D eigenvalue weighted by atomic mass is 9.70. The zero-order chi connectivity index (χ0) is 37.4. The number of benzene rings is 9. The van der Waals surface area contributed by atoms with Crippen LogP contribution in [0, 0.1) is 13.8 Å². The molecular formula is C55H39N. The highest BCUT2D eigenvalue weighted by atomic mass is 15.1. The molecule has 0 amide bonds. The molecule has 0 unspecified atom stereocenters. The molecule has 0 aromatic heterocycles. The van der Waals surface area contributed by atoms with Gasteiger partial charge in [0, 0.05) is 17.1 Å². The Bertz CT molecular complexity index is 2950. The molecule has 1 nitrogen and oxygen atoms in total. The molecule has 2 aliphatic rings. The van der Waals surface area contributed by atoms with Crippen molar-refractivity contribution in [2.45, 2.75) is 19.3 Å². The molecule has 0 saturated heterocycles. The molecule has 264 valence electrons. The average Bonchev–Trinajstić information content (AvgIpc) is 3.72. The van der Waals surface area contributed by atoms with Crippen molar-refractivity contribution in [2.24, 2.45) is 0 Å². The van der Waals surface area contributed by atoms with Gasteiger partial charge in [-0.3, -0.25) is 0 Å². The van der Waals surface area contributed by atoms with Crippen LogP contribution in [0.3, 0.4) is 0 Å². The second-order valence-electron chi connectivity index (χ2n) is 15.3. The molecule has 0 fully saturated rings. The molecule has 0 bridgehead atoms. The molecule has 2 aliphatic carbocycles. The van der Waals surface area contributed by atoms with Crippen LogP contribution in [-0.4, -0.2) is 0 Å². The van der Waals surface area contributed by atoms with E-state index in [1.54, 1.807) is 0 Å². The summed E-state index contributed by atoms with van der Waals surface area (Å²) in [6, 6.07) is 74.2. The van der Waals surface area contributed by atoms with Gasteiger partial charge < -0.3 is 4.90 Å². The quantitative estimate of drug-likeness (QED) is 0.172. The average molecular weight is 714 g/mol. The van der Waals surface area contributed by atoms with Gasteiger partial charge in [-0.15, -0.1) is 0 Å². The standard InChI is InChI=1S/C55H39N/c1-36-15-3-5-18-42(36)43-23-14-28-54(37(43)2)56(40-31-29-39(30-32-40)45-24-13-17-38-16-4-6-19-44(38)45)41-33-34-53-49(35-41)48-22-9-12-27-52(48)55(53)50-25-10-7-20-46(50)47-21-8-11-26-51(47)55/h3-35H,1-2H3. The number of hydrogen-bond acceptors (Lipinski definition) is 1. The number of hydrogen-bond donors (Lipinski definition) is 0. The zero-order valence-corrected chi connectivity index (χ0v) is 31.5. The third-order valence-electron chi connectivity index (χ3n) is 12.4. The SMILES string of the molecule is Cc1ccccc1-c1cccc(N(c2ccc(-c3cccc4ccccc34)cc2)c2ccc3c(c2)-c2ccccc2C32c3ccccc3-c3ccccc32)c1C. The summed E-state index contributed by atoms with van der Waals surface area (Å²) in [7, 11) is 0. The molecule has 1 spiro atoms. The van der Waals surface area contributed by atoms with E-state index in [4.69, 9.17) is 0 Å². The summed E-state index contributed by atoms with van der Waals surface area (Å²) in [5, 5.41) is 2.52. The number of aryl methyl sites for hydroxylation is 1. The van der Waals surface area contributed by atoms with Gasteiger partial charge in [0.25, 0.3) is 0 Å². The molecule has 0 heterocycles. The summed E-state index contributed by atoms with van der Waals surface area (Å²) in [6.07, 6.45) is 0. The van der Waals surface area contributed by atoms with Crippen LogP contribution in [0.4, 0.5) is 17.1 Å². The number of fused-ring (bicyclic) bond motifs is 11. The van der Waals surface area contributed by atoms with Gasteiger partial charge in [-0.25, -0.2) is 0 Å². The number of rotatable bonds is 5. The summed E-state index contributed by atoms with van der Waals surface area (Å²) < 4.78 is 0. The molecule has 0 atom stereocenters. The van der Waals surface area contributed by atoms with Crippen LogP contribution in [0.25, 0.3) is 55.3 Å². The first-order valence-electron chi connectivity index (χ1n) is 19.6. The van der Waals surface area contributed by atoms with E-state index in [-0.39, 0.29) is 5.41 Å². The molecule has 9 aromatic carbocycles. The van der Waals surface area contributed by atoms with E-state index in [9.17, 15) is 0 Å². The van der Waals surface area contributed by atoms with Crippen molar-refractivity contribution in [1.29, 1.82) is 0 Å². The van der Waals surface area contributed by atoms with E-state index >= 15 is 0 Å². The first kappa shape index (κ1) is 32.5. The van der Waals surface area contributed by atoms with Crippen LogP contribution < -0.4 is 4.90 Å². The van der Waals surface area contributed by atoms with Crippen molar-refractivity contribution >= 4 is 27.8 Å². The molecule has 0 radical (unpaired) electrons. The topological polar surface area (TPSA) is 3.24 Å². The van der Waals surface area contributed by atoms with Gasteiger partial charge in [-0.2, -0.15) is 0 Å². The predicted octanol–water partition coefficient (Wildman–Crippen LogP) is 14.6. The largest absolute Gasteiger partial charge is 0.310 e. The van der Waals surface area contributed by atoms with E-state index in [1.165, 1.54) is 94.3 Å². The molecule has 9 aromatic rings. The van der Waals surface area contributed by atoms with Crippen LogP contribution in [-0.2, 0) is 5.41 Å². The van der Waals surface area contributed by atoms with Crippen molar-refractivity contribution in [3.05, 3.63) is 234 Å². The number of nitrogens with zero attached hydrogens (tertiary/aromatic N) is 1. The van der Waals surface area contributed by atoms with Crippen molar-refractivity contribution in [3.63, 3.8) is 0 Å². The second-order valence-corrected chi connectivity index (χ2v) is 15.3. The summed E-state index contributed by atoms with van der Waals surface area (Å²) in [4.78, 5) is 2.47. The fourth-order valence-corrected chi connectivity index (χ4v) is 9.95. The van der Waals surface area contributed by atoms with Crippen molar-refractivity contribution in [1.82, 2.24) is 0 Å². The molecule has 1 heteroatoms. The predicted molar refractivity (Wildman–Crippen MR) is 235 cm³/mol. The lowest BCUT2D eigenvalue weighted by Gasteiger charge is -2.31. The highest BCUT2D eigenvalue weighted by Crippen LogP contribution is 2.63. The zero-order valence-electron chi connectivity index (χ0n) is 31.5. The summed E-state index contributed by atoms with van der Waals surface area (Å²) in [5.74, 6) is 0. The molecule has 0 aliphatic heterocycles. The maximum atomic E-state index is 2.47. The Kier molecular flexibility index (Phi) is 7.28. The first-order chi connectivity index (χ1) is 27.6. The van der Waals surface area contributed by atoms with E-state index in [0.29, 0.717) is 0 Å². The van der Waals surface area contributed by atoms with Crippen molar-refractivity contribution in [3.8, 4) is 44.5 Å². The van der Waals surface area contributed by atoms with Crippen LogP contribution >= 0.6 is 0 Å². The first-order valence-corrected chi connectivity index (χ1v) is 19.6. The molecule has 11 rings (SSSR count). The molecule has 0 N–H and O–H groups in total. The van der Waals surface area contributed by atoms with Crippen LogP contribution in [0.2, 0.25) is 0 Å². The van der Waals surface area contributed by atoms with E-state index in [0.717, 1.165) is 11.4 Å². The maximum Gasteiger partial charge on any atom is 0.0725 e. The molecule has 0 saturated carbocycles. The van der Waals surface area contributed by atoms with Crippen molar-refractivity contribution in [2.75, 3.05) is 4.90 Å². The minimum absolute atomic E-state index is 0.372. The number of anilines is 3. The monoisotopic (exact) mass is 713 g/mol. The Hall–Kier alpha value is -6.96. The van der Waals surface area contributed by atoms with Crippen LogP contribution in [0.1, 0.15) is 33.4 Å². The Morgan fingerprint density at radius 3 is 1.55 bits per heavy atom. The summed E-state index contributed by atoms with van der Waals surface area (Å²) in [5.41, 5.74) is 21.2. The Morgan fingerprint density at radius 2 is 0.857 bits per heavy atom. The third-order valence-corrected chi connectivity index (χ3v) is 12.4. The summed E-state index contributed by atoms with van der Waals surface area (Å²) in [6.45, 7) is 4.48. The maximum absolute atomic E-state index is 2.47. The molecular weight excluding hydrogens is 675 g/mol. The molecule has 56 heavy (non-hydrogen) atoms. The van der Waals surface area contributed by atoms with E-state index in [1.807, 2.05) is 0 Å². The fraction of sp³-hybridized carbons (Fsp3) is 0.0545. The third kappa shape index (κ3) is 4.61. The Labute approximate surface area is 328 Å². The second kappa shape index (κ2) is 12.5. The minimum Gasteiger partial charge on any atom is -0.310 e. The van der Waals surface area contributed by atoms with Crippen LogP contribution in [0.5, 0.6) is 0 Å². The van der Waals surface area contributed by atoms with Gasteiger partial charge in [0.2, 0.25) is 0 Å². The Morgan fingerprint density at radius 1 is 0.357 bits per heavy atom. The van der Waals surface area contributed by atoms with Crippen molar-refractivity contribution < 1.29 is 0 Å². The van der Waals surface area contributed by atoms with Gasteiger partial charge in [0.1, 0.15) is 0 Å². The van der Waals surface area contributed by atoms with Gasteiger partial charge in [-0.1, -0.05) is 170 Å². The smallest absolute Gasteiger partial charge is 0.0725 e. The van der Waals surface area contributed by atoms with Gasteiger partial charge in [0.15, 0.2) is 0 Å². The minimum atomic E-state index is -0.372. The van der Waals surface area contributed by atoms with Crippen LogP contribution in [0.15, 0.2) is 200 Å². The van der Waals surface area contributed by atoms with E-state index < -0.39 is 0 Å². The fourth-order valence-electron chi connectivity index (χ4n) is 9.95. The summed E-state index contributed by atoms with van der Waals surface area (Å²) >= 11 is 0. The highest BCUT2D eigenvalue weighted by molar-refractivity contribution is 5.99. The lowest BCUT2D eigenvalue weighted by molar-refractivity contribution is 0.794. The normalized spacial score (nSPS) is 13.0. The van der Waals surface area contributed by atoms with Gasteiger partial charge in [-0.05, 0) is 133 Å². The van der Waals surface area contributed by atoms with Gasteiger partial charge in [0.05, 0.1) is 5.41 Å². The Balaban J connectivity index is 1.13. The lowest BCUT2D eigenvalue weighted by Crippen LogP contribution is -2.25. The van der Waals surface area contributed by atoms with E-state index in [2.05, 4.69) is 219 Å².